The van der Waals surface area contributed by atoms with Crippen LogP contribution in [0.15, 0.2) is 24.3 Å². The van der Waals surface area contributed by atoms with Gasteiger partial charge in [0.25, 0.3) is 0 Å². The number of unbranched alkanes of at least 4 members (excludes halogenated alkanes) is 1. The molecule has 0 aromatic heterocycles. The Bertz CT molecular complexity index is 92.7. The zero-order chi connectivity index (χ0) is 6.95. The molecule has 0 unspecified atom stereocenters. The van der Waals surface area contributed by atoms with Crippen LogP contribution in [-0.2, 0) is 0 Å². The van der Waals surface area contributed by atoms with Crippen molar-refractivity contribution in [2.75, 3.05) is 6.61 Å². The molecule has 0 spiro atoms. The van der Waals surface area contributed by atoms with E-state index >= 15 is 0 Å². The molecule has 1 nitrogen and oxygen atoms in total. The lowest BCUT2D eigenvalue weighted by Crippen LogP contribution is -1.67. The molecule has 1 N–H and O–H groups in total. The molecule has 0 amide bonds. The maximum Gasteiger partial charge on any atom is 0.0615 e. The third-order valence-electron chi connectivity index (χ3n) is 0.944. The van der Waals surface area contributed by atoms with E-state index < -0.39 is 0 Å². The molecule has 0 saturated heterocycles. The number of aliphatic hydroxyl groups excluding tert-OH is 1. The van der Waals surface area contributed by atoms with Gasteiger partial charge < -0.3 is 5.11 Å². The molecule has 0 radical (unpaired) electrons. The second-order valence-corrected chi connectivity index (χ2v) is 1.83. The zero-order valence-electron chi connectivity index (χ0n) is 5.88. The Balaban J connectivity index is 3.13. The highest BCUT2D eigenvalue weighted by atomic mass is 16.2. The molecule has 0 heterocycles. The number of aliphatic hydroxyl groups is 1. The van der Waals surface area contributed by atoms with E-state index in [1.54, 1.807) is 6.08 Å². The van der Waals surface area contributed by atoms with Crippen LogP contribution in [0.5, 0.6) is 0 Å². The highest BCUT2D eigenvalue weighted by molar-refractivity contribution is 5.01. The van der Waals surface area contributed by atoms with E-state index in [2.05, 4.69) is 13.0 Å². The second-order valence-electron chi connectivity index (χ2n) is 1.83. The predicted molar refractivity (Wildman–Crippen MR) is 40.3 cm³/mol. The number of hydrogen-bond acceptors (Lipinski definition) is 1. The van der Waals surface area contributed by atoms with Crippen LogP contribution >= 0.6 is 0 Å². The maximum absolute atomic E-state index is 8.30. The van der Waals surface area contributed by atoms with Crippen molar-refractivity contribution in [3.8, 4) is 0 Å². The summed E-state index contributed by atoms with van der Waals surface area (Å²) in [5.41, 5.74) is 0. The summed E-state index contributed by atoms with van der Waals surface area (Å²) >= 11 is 0. The van der Waals surface area contributed by atoms with Crippen molar-refractivity contribution < 1.29 is 5.11 Å². The predicted octanol–water partition coefficient (Wildman–Crippen LogP) is 1.89. The maximum atomic E-state index is 8.30. The number of hydrogen-bond donors (Lipinski definition) is 1. The van der Waals surface area contributed by atoms with Gasteiger partial charge in [0, 0.05) is 0 Å². The van der Waals surface area contributed by atoms with E-state index in [1.165, 1.54) is 6.42 Å². The SMILES string of the molecule is CCC/C=C/C=C\CO. The quantitative estimate of drug-likeness (QED) is 0.570. The summed E-state index contributed by atoms with van der Waals surface area (Å²) in [6.45, 7) is 2.27. The molecule has 52 valence electrons. The van der Waals surface area contributed by atoms with E-state index in [4.69, 9.17) is 5.11 Å². The Morgan fingerprint density at radius 1 is 1.22 bits per heavy atom. The molecular weight excluding hydrogens is 112 g/mol. The van der Waals surface area contributed by atoms with Crippen LogP contribution in [0.2, 0.25) is 0 Å². The van der Waals surface area contributed by atoms with Gasteiger partial charge in [-0.25, -0.2) is 0 Å². The normalized spacial score (nSPS) is 11.8. The molecule has 0 saturated carbocycles. The molecule has 0 aliphatic carbocycles. The molecule has 0 aromatic carbocycles. The second kappa shape index (κ2) is 7.44. The van der Waals surface area contributed by atoms with Crippen LogP contribution in [-0.4, -0.2) is 11.7 Å². The Kier molecular flexibility index (Phi) is 6.98. The van der Waals surface area contributed by atoms with E-state index in [0.717, 1.165) is 6.42 Å². The molecule has 0 bridgehead atoms. The first kappa shape index (κ1) is 8.44. The van der Waals surface area contributed by atoms with Gasteiger partial charge in [-0.2, -0.15) is 0 Å². The summed E-state index contributed by atoms with van der Waals surface area (Å²) in [5.74, 6) is 0. The average Bonchev–Trinajstić information content (AvgIpc) is 1.89. The Labute approximate surface area is 56.7 Å². The van der Waals surface area contributed by atoms with Gasteiger partial charge in [0.1, 0.15) is 0 Å². The third-order valence-corrected chi connectivity index (χ3v) is 0.944. The number of rotatable bonds is 4. The van der Waals surface area contributed by atoms with Gasteiger partial charge in [0.05, 0.1) is 6.61 Å². The first-order valence-electron chi connectivity index (χ1n) is 3.34. The summed E-state index contributed by atoms with van der Waals surface area (Å²) < 4.78 is 0. The summed E-state index contributed by atoms with van der Waals surface area (Å²) in [7, 11) is 0. The van der Waals surface area contributed by atoms with Crippen molar-refractivity contribution >= 4 is 0 Å². The van der Waals surface area contributed by atoms with Gasteiger partial charge in [0.2, 0.25) is 0 Å². The molecule has 0 rings (SSSR count). The fraction of sp³-hybridized carbons (Fsp3) is 0.500. The average molecular weight is 126 g/mol. The van der Waals surface area contributed by atoms with Crippen molar-refractivity contribution in [3.63, 3.8) is 0 Å². The van der Waals surface area contributed by atoms with Crippen LogP contribution in [0, 0.1) is 0 Å². The van der Waals surface area contributed by atoms with Crippen molar-refractivity contribution in [2.24, 2.45) is 0 Å². The van der Waals surface area contributed by atoms with Gasteiger partial charge >= 0.3 is 0 Å². The first-order valence-corrected chi connectivity index (χ1v) is 3.34. The lowest BCUT2D eigenvalue weighted by Gasteiger charge is -1.79. The van der Waals surface area contributed by atoms with Crippen LogP contribution in [0.25, 0.3) is 0 Å². The summed E-state index contributed by atoms with van der Waals surface area (Å²) in [6, 6.07) is 0. The van der Waals surface area contributed by atoms with Gasteiger partial charge in [-0.3, -0.25) is 0 Å². The van der Waals surface area contributed by atoms with Gasteiger partial charge in [-0.15, -0.1) is 0 Å². The summed E-state index contributed by atoms with van der Waals surface area (Å²) in [4.78, 5) is 0. The fourth-order valence-electron chi connectivity index (χ4n) is 0.481. The molecule has 0 aliphatic heterocycles. The van der Waals surface area contributed by atoms with Gasteiger partial charge in [0.15, 0.2) is 0 Å². The molecular formula is C8H14O. The Morgan fingerprint density at radius 2 is 1.89 bits per heavy atom. The smallest absolute Gasteiger partial charge is 0.0615 e. The van der Waals surface area contributed by atoms with Gasteiger partial charge in [-0.05, 0) is 6.42 Å². The standard InChI is InChI=1S/C8H14O/c1-2-3-4-5-6-7-8-9/h4-7,9H,2-3,8H2,1H3/b5-4+,7-6-. The summed E-state index contributed by atoms with van der Waals surface area (Å²) in [6.07, 6.45) is 9.92. The minimum atomic E-state index is 0.135. The van der Waals surface area contributed by atoms with Crippen LogP contribution in [0.3, 0.4) is 0 Å². The Morgan fingerprint density at radius 3 is 2.44 bits per heavy atom. The van der Waals surface area contributed by atoms with Crippen molar-refractivity contribution in [2.45, 2.75) is 19.8 Å². The van der Waals surface area contributed by atoms with E-state index in [9.17, 15) is 0 Å². The lowest BCUT2D eigenvalue weighted by molar-refractivity contribution is 0.343. The van der Waals surface area contributed by atoms with E-state index in [0.29, 0.717) is 0 Å². The Hall–Kier alpha value is -0.560. The largest absolute Gasteiger partial charge is 0.392 e. The minimum absolute atomic E-state index is 0.135. The molecule has 0 fully saturated rings. The topological polar surface area (TPSA) is 20.2 Å². The molecule has 0 atom stereocenters. The highest BCUT2D eigenvalue weighted by Gasteiger charge is 1.68. The fourth-order valence-corrected chi connectivity index (χ4v) is 0.481. The molecule has 1 heteroatoms. The van der Waals surface area contributed by atoms with E-state index in [-0.39, 0.29) is 6.61 Å². The van der Waals surface area contributed by atoms with Crippen LogP contribution < -0.4 is 0 Å². The number of allylic oxidation sites excluding steroid dienone is 3. The lowest BCUT2D eigenvalue weighted by atomic mass is 10.3. The first-order chi connectivity index (χ1) is 4.41. The van der Waals surface area contributed by atoms with Crippen LogP contribution in [0.4, 0.5) is 0 Å². The van der Waals surface area contributed by atoms with Crippen LogP contribution in [0.1, 0.15) is 19.8 Å². The van der Waals surface area contributed by atoms with Crippen molar-refractivity contribution in [1.29, 1.82) is 0 Å². The van der Waals surface area contributed by atoms with Crippen molar-refractivity contribution in [1.82, 2.24) is 0 Å². The molecule has 9 heavy (non-hydrogen) atoms. The minimum Gasteiger partial charge on any atom is -0.392 e. The molecule has 0 aliphatic rings. The third kappa shape index (κ3) is 7.44. The van der Waals surface area contributed by atoms with Gasteiger partial charge in [-0.1, -0.05) is 37.6 Å². The monoisotopic (exact) mass is 126 g/mol. The van der Waals surface area contributed by atoms with Crippen molar-refractivity contribution in [3.05, 3.63) is 24.3 Å². The van der Waals surface area contributed by atoms with E-state index in [1.807, 2.05) is 12.2 Å². The molecule has 0 aromatic rings. The summed E-state index contributed by atoms with van der Waals surface area (Å²) in [5, 5.41) is 8.30. The highest BCUT2D eigenvalue weighted by Crippen LogP contribution is 1.87. The zero-order valence-corrected chi connectivity index (χ0v) is 5.88.